The number of rotatable bonds is 2. The molecule has 0 spiro atoms. The van der Waals surface area contributed by atoms with Crippen molar-refractivity contribution in [2.75, 3.05) is 13.1 Å². The van der Waals surface area contributed by atoms with Gasteiger partial charge in [0.1, 0.15) is 5.54 Å². The average Bonchev–Trinajstić information content (AvgIpc) is 2.93. The van der Waals surface area contributed by atoms with Crippen LogP contribution in [0, 0.1) is 0 Å². The van der Waals surface area contributed by atoms with Gasteiger partial charge >= 0.3 is 5.97 Å². The van der Waals surface area contributed by atoms with Crippen LogP contribution in [0.15, 0.2) is 22.7 Å². The van der Waals surface area contributed by atoms with Crippen molar-refractivity contribution in [3.63, 3.8) is 0 Å². The number of aliphatic carboxylic acids is 1. The summed E-state index contributed by atoms with van der Waals surface area (Å²) in [5.41, 5.74) is 7.58. The Balaban J connectivity index is 1.82. The zero-order valence-corrected chi connectivity index (χ0v) is 12.2. The van der Waals surface area contributed by atoms with Gasteiger partial charge in [-0.1, -0.05) is 22.0 Å². The molecule has 0 aromatic heterocycles. The number of aryl methyl sites for hydroxylation is 1. The highest BCUT2D eigenvalue weighted by Gasteiger charge is 2.44. The fourth-order valence-electron chi connectivity index (χ4n) is 3.25. The van der Waals surface area contributed by atoms with Crippen LogP contribution >= 0.6 is 15.9 Å². The third kappa shape index (κ3) is 2.20. The lowest BCUT2D eigenvalue weighted by molar-refractivity contribution is -0.142. The Morgan fingerprint density at radius 2 is 2.32 bits per heavy atom. The fraction of sp³-hybridized carbons (Fsp3) is 0.500. The molecule has 1 aromatic carbocycles. The van der Waals surface area contributed by atoms with Crippen LogP contribution in [-0.2, 0) is 11.2 Å². The molecule has 3 rings (SSSR count). The van der Waals surface area contributed by atoms with E-state index >= 15 is 0 Å². The molecule has 1 aliphatic heterocycles. The molecule has 0 bridgehead atoms. The van der Waals surface area contributed by atoms with Crippen LogP contribution in [0.5, 0.6) is 0 Å². The second kappa shape index (κ2) is 4.58. The highest BCUT2D eigenvalue weighted by Crippen LogP contribution is 2.39. The number of hydrogen-bond acceptors (Lipinski definition) is 3. The molecule has 5 heteroatoms. The maximum atomic E-state index is 11.2. The molecular weight excluding hydrogens is 308 g/mol. The molecule has 1 aromatic rings. The number of nitrogens with zero attached hydrogens (tertiary/aromatic N) is 1. The summed E-state index contributed by atoms with van der Waals surface area (Å²) in [6.45, 7) is 1.21. The number of fused-ring (bicyclic) bond motifs is 1. The van der Waals surface area contributed by atoms with Crippen LogP contribution < -0.4 is 5.73 Å². The zero-order chi connectivity index (χ0) is 13.6. The van der Waals surface area contributed by atoms with Crippen LogP contribution in [0.4, 0.5) is 0 Å². The number of benzene rings is 1. The lowest BCUT2D eigenvalue weighted by atomic mass is 10.0. The van der Waals surface area contributed by atoms with Crippen molar-refractivity contribution in [2.45, 2.75) is 30.8 Å². The third-order valence-corrected chi connectivity index (χ3v) is 4.84. The molecule has 2 aliphatic rings. The van der Waals surface area contributed by atoms with E-state index in [-0.39, 0.29) is 0 Å². The lowest BCUT2D eigenvalue weighted by Crippen LogP contribution is -2.50. The molecule has 0 saturated carbocycles. The molecule has 1 saturated heterocycles. The van der Waals surface area contributed by atoms with Crippen LogP contribution in [0.25, 0.3) is 0 Å². The summed E-state index contributed by atoms with van der Waals surface area (Å²) in [5.74, 6) is -0.885. The highest BCUT2D eigenvalue weighted by atomic mass is 79.9. The summed E-state index contributed by atoms with van der Waals surface area (Å²) in [5, 5.41) is 9.21. The van der Waals surface area contributed by atoms with Crippen molar-refractivity contribution in [1.82, 2.24) is 4.90 Å². The van der Waals surface area contributed by atoms with Crippen molar-refractivity contribution >= 4 is 21.9 Å². The van der Waals surface area contributed by atoms with E-state index in [2.05, 4.69) is 39.0 Å². The maximum absolute atomic E-state index is 11.2. The van der Waals surface area contributed by atoms with Gasteiger partial charge in [-0.15, -0.1) is 0 Å². The van der Waals surface area contributed by atoms with Gasteiger partial charge in [0.05, 0.1) is 0 Å². The van der Waals surface area contributed by atoms with Gasteiger partial charge in [-0.3, -0.25) is 9.69 Å². The molecule has 2 unspecified atom stereocenters. The van der Waals surface area contributed by atoms with E-state index in [1.54, 1.807) is 0 Å². The van der Waals surface area contributed by atoms with Gasteiger partial charge in [-0.25, -0.2) is 0 Å². The van der Waals surface area contributed by atoms with Crippen molar-refractivity contribution < 1.29 is 9.90 Å². The van der Waals surface area contributed by atoms with Gasteiger partial charge in [-0.05, 0) is 42.5 Å². The minimum absolute atomic E-state index is 0.327. The summed E-state index contributed by atoms with van der Waals surface area (Å²) in [6.07, 6.45) is 2.65. The SMILES string of the molecule is NC1(C(=O)O)CCN(C2CCc3cc(Br)ccc32)C1. The second-order valence-corrected chi connectivity index (χ2v) is 6.50. The van der Waals surface area contributed by atoms with E-state index in [4.69, 9.17) is 5.73 Å². The van der Waals surface area contributed by atoms with Crippen LogP contribution in [-0.4, -0.2) is 34.6 Å². The normalized spacial score (nSPS) is 30.5. The molecule has 0 amide bonds. The molecule has 1 fully saturated rings. The Bertz CT molecular complexity index is 534. The molecule has 4 nitrogen and oxygen atoms in total. The van der Waals surface area contributed by atoms with Gasteiger partial charge in [0.2, 0.25) is 0 Å². The van der Waals surface area contributed by atoms with Crippen LogP contribution in [0.3, 0.4) is 0 Å². The molecule has 102 valence electrons. The molecule has 0 radical (unpaired) electrons. The molecule has 3 N–H and O–H groups in total. The summed E-state index contributed by atoms with van der Waals surface area (Å²) in [7, 11) is 0. The number of likely N-dealkylation sites (tertiary alicyclic amines) is 1. The van der Waals surface area contributed by atoms with Gasteiger partial charge in [0.15, 0.2) is 0 Å². The van der Waals surface area contributed by atoms with Crippen molar-refractivity contribution in [3.05, 3.63) is 33.8 Å². The Morgan fingerprint density at radius 3 is 3.00 bits per heavy atom. The minimum atomic E-state index is -1.07. The van der Waals surface area contributed by atoms with Crippen molar-refractivity contribution in [1.29, 1.82) is 0 Å². The first-order chi connectivity index (χ1) is 8.99. The van der Waals surface area contributed by atoms with E-state index < -0.39 is 11.5 Å². The number of carboxylic acid groups (broad SMARTS) is 1. The number of nitrogens with two attached hydrogens (primary N) is 1. The molecule has 1 heterocycles. The molecular formula is C14H17BrN2O2. The topological polar surface area (TPSA) is 66.6 Å². The summed E-state index contributed by atoms with van der Waals surface area (Å²) < 4.78 is 1.10. The first-order valence-corrected chi connectivity index (χ1v) is 7.33. The Kier molecular flexibility index (Phi) is 3.15. The first kappa shape index (κ1) is 13.1. The third-order valence-electron chi connectivity index (χ3n) is 4.35. The Hall–Kier alpha value is -0.910. The van der Waals surface area contributed by atoms with E-state index in [9.17, 15) is 9.90 Å². The van der Waals surface area contributed by atoms with Crippen LogP contribution in [0.2, 0.25) is 0 Å². The number of carbonyl (C=O) groups is 1. The Labute approximate surface area is 120 Å². The van der Waals surface area contributed by atoms with E-state index in [0.717, 1.165) is 23.9 Å². The standard InChI is InChI=1S/C14H17BrN2O2/c15-10-2-3-11-9(7-10)1-4-12(11)17-6-5-14(16,8-17)13(18)19/h2-3,7,12H,1,4-6,8,16H2,(H,18,19). The fourth-order valence-corrected chi connectivity index (χ4v) is 3.66. The monoisotopic (exact) mass is 324 g/mol. The highest BCUT2D eigenvalue weighted by molar-refractivity contribution is 9.10. The average molecular weight is 325 g/mol. The van der Waals surface area contributed by atoms with Crippen molar-refractivity contribution in [2.24, 2.45) is 5.73 Å². The van der Waals surface area contributed by atoms with Crippen LogP contribution in [0.1, 0.15) is 30.0 Å². The molecule has 1 aliphatic carbocycles. The summed E-state index contributed by atoms with van der Waals surface area (Å²) in [4.78, 5) is 13.4. The van der Waals surface area contributed by atoms with E-state index in [1.807, 2.05) is 0 Å². The smallest absolute Gasteiger partial charge is 0.325 e. The number of halogens is 1. The quantitative estimate of drug-likeness (QED) is 0.872. The predicted octanol–water partition coefficient (Wildman–Crippen LogP) is 1.92. The predicted molar refractivity (Wildman–Crippen MR) is 75.9 cm³/mol. The largest absolute Gasteiger partial charge is 0.480 e. The van der Waals surface area contributed by atoms with E-state index in [1.165, 1.54) is 11.1 Å². The van der Waals surface area contributed by atoms with Gasteiger partial charge in [-0.2, -0.15) is 0 Å². The maximum Gasteiger partial charge on any atom is 0.325 e. The summed E-state index contributed by atoms with van der Waals surface area (Å²) >= 11 is 3.49. The Morgan fingerprint density at radius 1 is 1.53 bits per heavy atom. The molecule has 2 atom stereocenters. The second-order valence-electron chi connectivity index (χ2n) is 5.58. The zero-order valence-electron chi connectivity index (χ0n) is 10.6. The molecule has 19 heavy (non-hydrogen) atoms. The number of hydrogen-bond donors (Lipinski definition) is 2. The summed E-state index contributed by atoms with van der Waals surface area (Å²) in [6, 6.07) is 6.69. The minimum Gasteiger partial charge on any atom is -0.480 e. The van der Waals surface area contributed by atoms with E-state index in [0.29, 0.717) is 19.0 Å². The van der Waals surface area contributed by atoms with Crippen molar-refractivity contribution in [3.8, 4) is 0 Å². The van der Waals surface area contributed by atoms with Gasteiger partial charge in [0, 0.05) is 23.6 Å². The number of carboxylic acids is 1. The first-order valence-electron chi connectivity index (χ1n) is 6.54. The van der Waals surface area contributed by atoms with Gasteiger partial charge in [0.25, 0.3) is 0 Å². The lowest BCUT2D eigenvalue weighted by Gasteiger charge is -2.26. The van der Waals surface area contributed by atoms with Gasteiger partial charge < -0.3 is 10.8 Å².